The molecule has 13 heteroatoms. The van der Waals surface area contributed by atoms with Crippen LogP contribution in [0.4, 0.5) is 10.7 Å². The molecule has 0 saturated carbocycles. The van der Waals surface area contributed by atoms with E-state index in [0.717, 1.165) is 13.1 Å². The topological polar surface area (TPSA) is 196 Å². The molecule has 2 heterocycles. The molecule has 1 aromatic heterocycles. The van der Waals surface area contributed by atoms with Crippen LogP contribution in [-0.4, -0.2) is 76.6 Å². The Kier molecular flexibility index (Phi) is 6.90. The third-order valence-corrected chi connectivity index (χ3v) is 3.87. The highest BCUT2D eigenvalue weighted by Gasteiger charge is 2.29. The first-order valence-corrected chi connectivity index (χ1v) is 8.33. The van der Waals surface area contributed by atoms with E-state index in [4.69, 9.17) is 15.4 Å². The largest absolute Gasteiger partial charge is 0.480 e. The van der Waals surface area contributed by atoms with Gasteiger partial charge in [-0.2, -0.15) is 4.98 Å². The van der Waals surface area contributed by atoms with Crippen LogP contribution in [0, 0.1) is 0 Å². The lowest BCUT2D eigenvalue weighted by atomic mass is 10.2. The lowest BCUT2D eigenvalue weighted by Crippen LogP contribution is -2.52. The monoisotopic (exact) mass is 385 g/mol. The minimum atomic E-state index is -1.53. The van der Waals surface area contributed by atoms with Crippen molar-refractivity contribution >= 4 is 23.9 Å². The molecule has 0 aromatic carbocycles. The number of nitrogens with two attached hydrogens (primary N) is 1. The van der Waals surface area contributed by atoms with Crippen molar-refractivity contribution in [2.45, 2.75) is 31.5 Å². The number of aromatic nitrogens is 2. The molecular formula is C14H23N7O6. The van der Waals surface area contributed by atoms with Crippen molar-refractivity contribution in [3.63, 3.8) is 0 Å². The number of aliphatic hydroxyl groups is 1. The van der Waals surface area contributed by atoms with Gasteiger partial charge in [0.25, 0.3) is 11.8 Å². The summed E-state index contributed by atoms with van der Waals surface area (Å²) < 4.78 is 5.14. The molecule has 13 nitrogen and oxygen atoms in total. The van der Waals surface area contributed by atoms with E-state index in [-0.39, 0.29) is 12.3 Å². The Morgan fingerprint density at radius 2 is 2.00 bits per heavy atom. The molecule has 2 rings (SSSR count). The Morgan fingerprint density at radius 3 is 2.56 bits per heavy atom. The molecule has 0 spiro atoms. The molecule has 3 atom stereocenters. The van der Waals surface area contributed by atoms with Crippen molar-refractivity contribution in [2.75, 3.05) is 31.1 Å². The number of nitrogens with one attached hydrogen (secondary N) is 3. The predicted octanol–water partition coefficient (Wildman–Crippen LogP) is -2.47. The molecular weight excluding hydrogens is 362 g/mol. The number of carboxylic acids is 1. The number of hydrogen-bond acceptors (Lipinski definition) is 9. The number of anilines is 1. The van der Waals surface area contributed by atoms with Crippen molar-refractivity contribution in [1.82, 2.24) is 26.1 Å². The first kappa shape index (κ1) is 20.4. The van der Waals surface area contributed by atoms with E-state index < -0.39 is 36.1 Å². The van der Waals surface area contributed by atoms with E-state index in [9.17, 15) is 19.5 Å². The van der Waals surface area contributed by atoms with Gasteiger partial charge in [0.2, 0.25) is 5.91 Å². The maximum absolute atomic E-state index is 12.1. The van der Waals surface area contributed by atoms with E-state index in [2.05, 4.69) is 26.1 Å². The summed E-state index contributed by atoms with van der Waals surface area (Å²) in [5.41, 5.74) is 5.20. The highest BCUT2D eigenvalue weighted by molar-refractivity contribution is 5.83. The second-order valence-corrected chi connectivity index (χ2v) is 6.07. The van der Waals surface area contributed by atoms with Gasteiger partial charge in [-0.05, 0) is 12.1 Å². The smallest absolute Gasteiger partial charge is 0.328 e. The third kappa shape index (κ3) is 5.79. The van der Waals surface area contributed by atoms with Gasteiger partial charge in [-0.3, -0.25) is 4.79 Å². The van der Waals surface area contributed by atoms with Gasteiger partial charge >= 0.3 is 12.0 Å². The van der Waals surface area contributed by atoms with E-state index in [1.54, 1.807) is 0 Å². The fourth-order valence-corrected chi connectivity index (χ4v) is 2.49. The van der Waals surface area contributed by atoms with E-state index in [1.165, 1.54) is 6.92 Å². The fraction of sp³-hybridized carbons (Fsp3) is 0.643. The van der Waals surface area contributed by atoms with Crippen LogP contribution in [0.15, 0.2) is 4.52 Å². The van der Waals surface area contributed by atoms with Crippen molar-refractivity contribution < 1.29 is 29.1 Å². The van der Waals surface area contributed by atoms with Crippen LogP contribution >= 0.6 is 0 Å². The van der Waals surface area contributed by atoms with Gasteiger partial charge in [0.1, 0.15) is 6.04 Å². The number of urea groups is 1. The summed E-state index contributed by atoms with van der Waals surface area (Å²) in [5, 5.41) is 29.9. The number of piperazine rings is 1. The van der Waals surface area contributed by atoms with Crippen LogP contribution in [0.2, 0.25) is 0 Å². The molecule has 150 valence electrons. The predicted molar refractivity (Wildman–Crippen MR) is 90.7 cm³/mol. The highest BCUT2D eigenvalue weighted by Crippen LogP contribution is 2.18. The molecule has 1 fully saturated rings. The Hall–Kier alpha value is -2.93. The van der Waals surface area contributed by atoms with Crippen LogP contribution in [0.3, 0.4) is 0 Å². The Balaban J connectivity index is 2.08. The van der Waals surface area contributed by atoms with Gasteiger partial charge in [-0.25, -0.2) is 9.59 Å². The van der Waals surface area contributed by atoms with Gasteiger partial charge in [0, 0.05) is 26.2 Å². The SMILES string of the molecule is C[C@@H](O)[C@H](NC(=O)N[C@@H](CC(N)=O)c1nc(N2CCNCC2)no1)C(=O)O. The first-order chi connectivity index (χ1) is 12.8. The van der Waals surface area contributed by atoms with Crippen molar-refractivity contribution in [1.29, 1.82) is 0 Å². The molecule has 3 amide bonds. The number of primary amides is 1. The number of aliphatic hydroxyl groups excluding tert-OH is 1. The third-order valence-electron chi connectivity index (χ3n) is 3.87. The highest BCUT2D eigenvalue weighted by atomic mass is 16.5. The van der Waals surface area contributed by atoms with Crippen molar-refractivity contribution in [2.24, 2.45) is 5.73 Å². The average molecular weight is 385 g/mol. The summed E-state index contributed by atoms with van der Waals surface area (Å²) >= 11 is 0. The zero-order valence-corrected chi connectivity index (χ0v) is 14.7. The van der Waals surface area contributed by atoms with Gasteiger partial charge in [0.05, 0.1) is 12.5 Å². The average Bonchev–Trinajstić information content (AvgIpc) is 3.09. The van der Waals surface area contributed by atoms with Crippen LogP contribution in [0.1, 0.15) is 25.3 Å². The number of carbonyl (C=O) groups excluding carboxylic acids is 2. The van der Waals surface area contributed by atoms with Gasteiger partial charge in [-0.15, -0.1) is 0 Å². The minimum absolute atomic E-state index is 0.0404. The Labute approximate surface area is 154 Å². The second-order valence-electron chi connectivity index (χ2n) is 6.07. The molecule has 1 aliphatic rings. The molecule has 27 heavy (non-hydrogen) atoms. The summed E-state index contributed by atoms with van der Waals surface area (Å²) in [5.74, 6) is -1.87. The number of hydrogen-bond donors (Lipinski definition) is 6. The maximum atomic E-state index is 12.1. The molecule has 0 unspecified atom stereocenters. The normalized spacial score (nSPS) is 17.6. The number of aliphatic carboxylic acids is 1. The summed E-state index contributed by atoms with van der Waals surface area (Å²) in [6, 6.07) is -3.51. The van der Waals surface area contributed by atoms with Gasteiger partial charge in [-0.1, -0.05) is 0 Å². The van der Waals surface area contributed by atoms with Crippen molar-refractivity contribution in [3.8, 4) is 0 Å². The zero-order chi connectivity index (χ0) is 20.0. The summed E-state index contributed by atoms with van der Waals surface area (Å²) in [4.78, 5) is 40.5. The number of nitrogens with zero attached hydrogens (tertiary/aromatic N) is 3. The number of carboxylic acid groups (broad SMARTS) is 1. The van der Waals surface area contributed by atoms with Gasteiger partial charge in [0.15, 0.2) is 6.04 Å². The maximum Gasteiger partial charge on any atom is 0.328 e. The molecule has 0 radical (unpaired) electrons. The number of carbonyl (C=O) groups is 3. The molecule has 1 aromatic rings. The quantitative estimate of drug-likeness (QED) is 0.279. The minimum Gasteiger partial charge on any atom is -0.480 e. The second kappa shape index (κ2) is 9.14. The first-order valence-electron chi connectivity index (χ1n) is 8.33. The molecule has 0 aliphatic carbocycles. The lowest BCUT2D eigenvalue weighted by Gasteiger charge is -2.25. The van der Waals surface area contributed by atoms with Crippen LogP contribution in [0.25, 0.3) is 0 Å². The summed E-state index contributed by atoms with van der Waals surface area (Å²) in [6.07, 6.45) is -1.66. The molecule has 0 bridgehead atoms. The van der Waals surface area contributed by atoms with Crippen LogP contribution in [-0.2, 0) is 9.59 Å². The standard InChI is InChI=1S/C14H23N7O6/c1-7(22)10(12(24)25)18-14(26)17-8(6-9(15)23)11-19-13(20-27-11)21-4-2-16-3-5-21/h7-8,10,16,22H,2-6H2,1H3,(H2,15,23)(H,24,25)(H2,17,18,26)/t7-,8+,10+/m1/s1. The van der Waals surface area contributed by atoms with Gasteiger partial charge < -0.3 is 41.3 Å². The van der Waals surface area contributed by atoms with E-state index in [1.807, 2.05) is 4.90 Å². The lowest BCUT2D eigenvalue weighted by molar-refractivity contribution is -0.141. The Bertz CT molecular complexity index is 673. The van der Waals surface area contributed by atoms with Crippen LogP contribution < -0.4 is 26.6 Å². The molecule has 7 N–H and O–H groups in total. The van der Waals surface area contributed by atoms with Crippen LogP contribution in [0.5, 0.6) is 0 Å². The number of amides is 3. The zero-order valence-electron chi connectivity index (χ0n) is 14.7. The van der Waals surface area contributed by atoms with E-state index in [0.29, 0.717) is 19.0 Å². The Morgan fingerprint density at radius 1 is 1.33 bits per heavy atom. The van der Waals surface area contributed by atoms with E-state index >= 15 is 0 Å². The van der Waals surface area contributed by atoms with Crippen molar-refractivity contribution in [3.05, 3.63) is 5.89 Å². The summed E-state index contributed by atoms with van der Waals surface area (Å²) in [7, 11) is 0. The summed E-state index contributed by atoms with van der Waals surface area (Å²) in [6.45, 7) is 4.07. The number of rotatable bonds is 8. The fourth-order valence-electron chi connectivity index (χ4n) is 2.49. The molecule has 1 saturated heterocycles. The molecule has 1 aliphatic heterocycles.